The minimum atomic E-state index is 0. The third-order valence-electron chi connectivity index (χ3n) is 4.58. The maximum atomic E-state index is 5.82. The zero-order chi connectivity index (χ0) is 16.8. The van der Waals surface area contributed by atoms with Crippen LogP contribution in [0.4, 0.5) is 0 Å². The van der Waals surface area contributed by atoms with Crippen molar-refractivity contribution in [2.75, 3.05) is 33.8 Å². The van der Waals surface area contributed by atoms with Crippen LogP contribution in [0.1, 0.15) is 64.7 Å². The first-order valence-corrected chi connectivity index (χ1v) is 9.64. The largest absolute Gasteiger partial charge is 1.00 e. The monoisotopic (exact) mass is 355 g/mol. The summed E-state index contributed by atoms with van der Waals surface area (Å²) >= 11 is 0. The number of rotatable bonds is 14. The van der Waals surface area contributed by atoms with Crippen molar-refractivity contribution in [1.82, 2.24) is 0 Å². The second-order valence-corrected chi connectivity index (χ2v) is 7.37. The number of benzene rings is 1. The van der Waals surface area contributed by atoms with Crippen molar-refractivity contribution < 1.29 is 21.6 Å². The third-order valence-corrected chi connectivity index (χ3v) is 4.58. The van der Waals surface area contributed by atoms with E-state index in [1.807, 2.05) is 30.3 Å². The molecule has 1 aromatic rings. The fourth-order valence-electron chi connectivity index (χ4n) is 2.89. The lowest BCUT2D eigenvalue weighted by Gasteiger charge is -2.29. The fourth-order valence-corrected chi connectivity index (χ4v) is 2.89. The van der Waals surface area contributed by atoms with E-state index in [9.17, 15) is 0 Å². The standard InChI is InChI=1S/C21H38NO.ClH/c1-4-5-6-7-8-9-10-11-15-18-22(2,3)19-20-23-21-16-13-12-14-17-21;/h12-14,16-17H,4-11,15,18-20H2,1-3H3;1H/q+1;/p-1. The van der Waals surface area contributed by atoms with Gasteiger partial charge in [-0.2, -0.15) is 0 Å². The highest BCUT2D eigenvalue weighted by atomic mass is 35.5. The molecule has 1 rings (SSSR count). The van der Waals surface area contributed by atoms with Crippen molar-refractivity contribution in [3.05, 3.63) is 30.3 Å². The topological polar surface area (TPSA) is 9.23 Å². The molecule has 0 bridgehead atoms. The first-order chi connectivity index (χ1) is 11.1. The van der Waals surface area contributed by atoms with E-state index < -0.39 is 0 Å². The summed E-state index contributed by atoms with van der Waals surface area (Å²) in [6.45, 7) is 5.42. The zero-order valence-corrected chi connectivity index (χ0v) is 16.9. The lowest BCUT2D eigenvalue weighted by atomic mass is 10.1. The average Bonchev–Trinajstić information content (AvgIpc) is 2.54. The number of para-hydroxylation sites is 1. The van der Waals surface area contributed by atoms with Gasteiger partial charge in [-0.25, -0.2) is 0 Å². The highest BCUT2D eigenvalue weighted by molar-refractivity contribution is 5.20. The summed E-state index contributed by atoms with van der Waals surface area (Å²) in [6.07, 6.45) is 12.6. The van der Waals surface area contributed by atoms with Crippen LogP contribution in [-0.2, 0) is 0 Å². The molecule has 1 aromatic carbocycles. The minimum absolute atomic E-state index is 0. The molecule has 0 amide bonds. The van der Waals surface area contributed by atoms with Crippen LogP contribution >= 0.6 is 0 Å². The molecular weight excluding hydrogens is 318 g/mol. The zero-order valence-electron chi connectivity index (χ0n) is 16.1. The highest BCUT2D eigenvalue weighted by Gasteiger charge is 2.14. The van der Waals surface area contributed by atoms with E-state index in [2.05, 4.69) is 21.0 Å². The Labute approximate surface area is 156 Å². The van der Waals surface area contributed by atoms with Gasteiger partial charge in [0.15, 0.2) is 0 Å². The molecule has 0 saturated heterocycles. The number of ether oxygens (including phenoxy) is 1. The molecule has 0 fully saturated rings. The molecule has 0 heterocycles. The summed E-state index contributed by atoms with van der Waals surface area (Å²) in [4.78, 5) is 0. The second kappa shape index (κ2) is 14.6. The Bertz CT molecular complexity index is 381. The Kier molecular flexibility index (Phi) is 14.2. The van der Waals surface area contributed by atoms with Crippen LogP contribution in [0.15, 0.2) is 30.3 Å². The van der Waals surface area contributed by atoms with E-state index in [1.54, 1.807) is 0 Å². The Balaban J connectivity index is 0.00000529. The van der Waals surface area contributed by atoms with Gasteiger partial charge in [-0.3, -0.25) is 0 Å². The summed E-state index contributed by atoms with van der Waals surface area (Å²) in [6, 6.07) is 10.1. The van der Waals surface area contributed by atoms with E-state index >= 15 is 0 Å². The van der Waals surface area contributed by atoms with Gasteiger partial charge in [-0.15, -0.1) is 0 Å². The molecule has 0 aliphatic rings. The predicted octanol–water partition coefficient (Wildman–Crippen LogP) is 2.68. The fraction of sp³-hybridized carbons (Fsp3) is 0.714. The van der Waals surface area contributed by atoms with Crippen LogP contribution in [0.3, 0.4) is 0 Å². The maximum Gasteiger partial charge on any atom is 0.137 e. The van der Waals surface area contributed by atoms with Gasteiger partial charge in [0.1, 0.15) is 18.9 Å². The van der Waals surface area contributed by atoms with Gasteiger partial charge in [0.2, 0.25) is 0 Å². The van der Waals surface area contributed by atoms with Gasteiger partial charge in [-0.1, -0.05) is 70.1 Å². The van der Waals surface area contributed by atoms with Crippen molar-refractivity contribution in [3.8, 4) is 5.75 Å². The number of unbranched alkanes of at least 4 members (excludes halogenated alkanes) is 8. The Morgan fingerprint density at radius 3 is 1.88 bits per heavy atom. The molecular formula is C21H38ClNO. The predicted molar refractivity (Wildman–Crippen MR) is 101 cm³/mol. The molecule has 0 spiro atoms. The maximum absolute atomic E-state index is 5.82. The van der Waals surface area contributed by atoms with Crippen LogP contribution in [0.5, 0.6) is 5.75 Å². The van der Waals surface area contributed by atoms with Gasteiger partial charge >= 0.3 is 0 Å². The van der Waals surface area contributed by atoms with Crippen LogP contribution in [-0.4, -0.2) is 38.3 Å². The van der Waals surface area contributed by atoms with E-state index in [4.69, 9.17) is 4.74 Å². The van der Waals surface area contributed by atoms with Crippen molar-refractivity contribution in [2.45, 2.75) is 64.7 Å². The number of halogens is 1. The molecule has 2 nitrogen and oxygen atoms in total. The SMILES string of the molecule is CCCCCCCCCCC[N+](C)(C)CCOc1ccccc1.[Cl-]. The Hall–Kier alpha value is -0.730. The summed E-state index contributed by atoms with van der Waals surface area (Å²) in [5.41, 5.74) is 0. The van der Waals surface area contributed by atoms with Crippen molar-refractivity contribution in [3.63, 3.8) is 0 Å². The highest BCUT2D eigenvalue weighted by Crippen LogP contribution is 2.12. The lowest BCUT2D eigenvalue weighted by Crippen LogP contribution is -3.00. The molecule has 0 unspecified atom stereocenters. The summed E-state index contributed by atoms with van der Waals surface area (Å²) < 4.78 is 6.88. The van der Waals surface area contributed by atoms with Gasteiger partial charge in [0, 0.05) is 0 Å². The van der Waals surface area contributed by atoms with Crippen LogP contribution in [0.2, 0.25) is 0 Å². The normalized spacial score (nSPS) is 11.1. The van der Waals surface area contributed by atoms with E-state index in [-0.39, 0.29) is 12.4 Å². The van der Waals surface area contributed by atoms with Crippen LogP contribution in [0.25, 0.3) is 0 Å². The number of likely N-dealkylation sites (N-methyl/N-ethyl adjacent to an activating group) is 1. The number of quaternary nitrogens is 1. The van der Waals surface area contributed by atoms with Crippen molar-refractivity contribution in [2.24, 2.45) is 0 Å². The van der Waals surface area contributed by atoms with E-state index in [0.717, 1.165) is 23.4 Å². The van der Waals surface area contributed by atoms with Crippen LogP contribution < -0.4 is 17.1 Å². The molecule has 0 N–H and O–H groups in total. The number of hydrogen-bond acceptors (Lipinski definition) is 1. The van der Waals surface area contributed by atoms with Gasteiger partial charge < -0.3 is 21.6 Å². The number of nitrogens with zero attached hydrogens (tertiary/aromatic N) is 1. The summed E-state index contributed by atoms with van der Waals surface area (Å²) in [5.74, 6) is 0.982. The van der Waals surface area contributed by atoms with Gasteiger partial charge in [-0.05, 0) is 25.0 Å². The lowest BCUT2D eigenvalue weighted by molar-refractivity contribution is -0.890. The summed E-state index contributed by atoms with van der Waals surface area (Å²) in [5, 5.41) is 0. The molecule has 0 aliphatic carbocycles. The third kappa shape index (κ3) is 12.7. The molecule has 3 heteroatoms. The van der Waals surface area contributed by atoms with Crippen LogP contribution in [0, 0.1) is 0 Å². The molecule has 0 radical (unpaired) electrons. The number of hydrogen-bond donors (Lipinski definition) is 0. The molecule has 0 saturated carbocycles. The average molecular weight is 356 g/mol. The Morgan fingerprint density at radius 2 is 1.29 bits per heavy atom. The second-order valence-electron chi connectivity index (χ2n) is 7.37. The van der Waals surface area contributed by atoms with Gasteiger partial charge in [0.25, 0.3) is 0 Å². The molecule has 0 aromatic heterocycles. The van der Waals surface area contributed by atoms with E-state index in [1.165, 1.54) is 64.3 Å². The first-order valence-electron chi connectivity index (χ1n) is 9.64. The summed E-state index contributed by atoms with van der Waals surface area (Å²) in [7, 11) is 4.64. The quantitative estimate of drug-likeness (QED) is 0.368. The van der Waals surface area contributed by atoms with Crippen molar-refractivity contribution in [1.29, 1.82) is 0 Å². The van der Waals surface area contributed by atoms with E-state index in [0.29, 0.717) is 0 Å². The van der Waals surface area contributed by atoms with Crippen molar-refractivity contribution >= 4 is 0 Å². The molecule has 0 aliphatic heterocycles. The Morgan fingerprint density at radius 1 is 0.750 bits per heavy atom. The molecule has 140 valence electrons. The smallest absolute Gasteiger partial charge is 0.137 e. The van der Waals surface area contributed by atoms with Gasteiger partial charge in [0.05, 0.1) is 20.6 Å². The first kappa shape index (κ1) is 23.3. The minimum Gasteiger partial charge on any atom is -1.00 e. The molecule has 0 atom stereocenters. The molecule has 24 heavy (non-hydrogen) atoms.